The summed E-state index contributed by atoms with van der Waals surface area (Å²) in [4.78, 5) is 32.4. The van der Waals surface area contributed by atoms with E-state index in [4.69, 9.17) is 0 Å². The number of nitrogens with zero attached hydrogens (tertiary/aromatic N) is 2. The number of amides is 1. The van der Waals surface area contributed by atoms with Crippen LogP contribution in [0.3, 0.4) is 0 Å². The van der Waals surface area contributed by atoms with Gasteiger partial charge in [-0.3, -0.25) is 25.0 Å². The Kier molecular flexibility index (Phi) is 5.62. The minimum absolute atomic E-state index is 0.0366. The van der Waals surface area contributed by atoms with Gasteiger partial charge in [-0.25, -0.2) is 0 Å². The zero-order chi connectivity index (χ0) is 18.4. The highest BCUT2D eigenvalue weighted by molar-refractivity contribution is 5.94. The van der Waals surface area contributed by atoms with Gasteiger partial charge < -0.3 is 10.6 Å². The van der Waals surface area contributed by atoms with Gasteiger partial charge in [0.15, 0.2) is 0 Å². The molecule has 0 aliphatic carbocycles. The van der Waals surface area contributed by atoms with Gasteiger partial charge in [0, 0.05) is 11.8 Å². The number of para-hydroxylation sites is 1. The fourth-order valence-electron chi connectivity index (χ4n) is 2.25. The first-order chi connectivity index (χ1) is 11.9. The molecular formula is C16H16N4O5. The van der Waals surface area contributed by atoms with Crippen molar-refractivity contribution in [1.29, 1.82) is 0 Å². The Hall–Kier alpha value is -3.49. The number of carbonyl (C=O) groups excluding carboxylic acids is 1. The summed E-state index contributed by atoms with van der Waals surface area (Å²) in [5, 5.41) is 27.1. The Labute approximate surface area is 143 Å². The van der Waals surface area contributed by atoms with Gasteiger partial charge in [0.2, 0.25) is 5.91 Å². The quantitative estimate of drug-likeness (QED) is 0.587. The van der Waals surface area contributed by atoms with Crippen molar-refractivity contribution < 1.29 is 14.6 Å². The molecule has 2 N–H and O–H groups in total. The number of hydrogen-bond donors (Lipinski definition) is 2. The van der Waals surface area contributed by atoms with E-state index in [9.17, 15) is 25.0 Å². The molecule has 0 aliphatic heterocycles. The lowest BCUT2D eigenvalue weighted by molar-refractivity contribution is -0.393. The number of non-ortho nitro benzene ring substituents is 1. The van der Waals surface area contributed by atoms with Gasteiger partial charge in [-0.05, 0) is 24.1 Å². The molecule has 130 valence electrons. The molecule has 0 bridgehead atoms. The van der Waals surface area contributed by atoms with Gasteiger partial charge in [0.05, 0.1) is 22.5 Å². The van der Waals surface area contributed by atoms with E-state index in [1.165, 1.54) is 6.07 Å². The number of benzene rings is 2. The average molecular weight is 344 g/mol. The molecule has 2 aromatic rings. The molecule has 0 unspecified atom stereocenters. The van der Waals surface area contributed by atoms with Crippen LogP contribution >= 0.6 is 0 Å². The highest BCUT2D eigenvalue weighted by Gasteiger charge is 2.19. The van der Waals surface area contributed by atoms with Crippen LogP contribution in [0.25, 0.3) is 0 Å². The summed E-state index contributed by atoms with van der Waals surface area (Å²) >= 11 is 0. The molecule has 2 rings (SSSR count). The molecular weight excluding hydrogens is 328 g/mol. The van der Waals surface area contributed by atoms with Gasteiger partial charge in [0.25, 0.3) is 11.4 Å². The largest absolute Gasteiger partial charge is 0.371 e. The molecule has 0 saturated carbocycles. The zero-order valence-electron chi connectivity index (χ0n) is 13.4. The van der Waals surface area contributed by atoms with Gasteiger partial charge in [-0.2, -0.15) is 0 Å². The number of anilines is 2. The monoisotopic (exact) mass is 344 g/mol. The fraction of sp³-hybridized carbons (Fsp3) is 0.188. The first-order valence-electron chi connectivity index (χ1n) is 7.46. The molecule has 25 heavy (non-hydrogen) atoms. The predicted molar refractivity (Wildman–Crippen MR) is 92.7 cm³/mol. The number of aryl methyl sites for hydroxylation is 1. The molecule has 0 heterocycles. The third-order valence-corrected chi connectivity index (χ3v) is 3.50. The normalized spacial score (nSPS) is 10.1. The van der Waals surface area contributed by atoms with Crippen LogP contribution in [0.2, 0.25) is 0 Å². The first kappa shape index (κ1) is 17.9. The number of rotatable bonds is 7. The number of hydrogen-bond acceptors (Lipinski definition) is 6. The number of nitro groups is 2. The Morgan fingerprint density at radius 2 is 1.76 bits per heavy atom. The van der Waals surface area contributed by atoms with E-state index < -0.39 is 21.2 Å². The van der Waals surface area contributed by atoms with E-state index in [0.29, 0.717) is 5.69 Å². The molecule has 0 atom stereocenters. The highest BCUT2D eigenvalue weighted by Crippen LogP contribution is 2.28. The number of carbonyl (C=O) groups is 1. The van der Waals surface area contributed by atoms with Crippen LogP contribution in [0.5, 0.6) is 0 Å². The molecule has 2 aromatic carbocycles. The molecule has 0 saturated heterocycles. The summed E-state index contributed by atoms with van der Waals surface area (Å²) in [6.07, 6.45) is 0.748. The van der Waals surface area contributed by atoms with E-state index in [0.717, 1.165) is 24.1 Å². The molecule has 9 nitrogen and oxygen atoms in total. The van der Waals surface area contributed by atoms with Crippen molar-refractivity contribution in [2.45, 2.75) is 13.3 Å². The SMILES string of the molecule is CCc1ccccc1NC(=O)CNc1ccc([N+](=O)[O-])cc1[N+](=O)[O-]. The van der Waals surface area contributed by atoms with E-state index in [2.05, 4.69) is 10.6 Å². The topological polar surface area (TPSA) is 127 Å². The second-order valence-corrected chi connectivity index (χ2v) is 5.13. The van der Waals surface area contributed by atoms with Gasteiger partial charge in [0.1, 0.15) is 5.69 Å². The minimum Gasteiger partial charge on any atom is -0.371 e. The van der Waals surface area contributed by atoms with E-state index in [1.54, 1.807) is 12.1 Å². The molecule has 1 amide bonds. The summed E-state index contributed by atoms with van der Waals surface area (Å²) in [6, 6.07) is 10.5. The Bertz CT molecular complexity index is 822. The van der Waals surface area contributed by atoms with E-state index in [1.807, 2.05) is 19.1 Å². The molecule has 0 spiro atoms. The van der Waals surface area contributed by atoms with Crippen molar-refractivity contribution in [2.75, 3.05) is 17.2 Å². The standard InChI is InChI=1S/C16H16N4O5/c1-2-11-5-3-4-6-13(11)18-16(21)10-17-14-8-7-12(19(22)23)9-15(14)20(24)25/h3-9,17H,2,10H2,1H3,(H,18,21). The predicted octanol–water partition coefficient (Wildman–Crippen LogP) is 3.12. The van der Waals surface area contributed by atoms with Gasteiger partial charge >= 0.3 is 0 Å². The summed E-state index contributed by atoms with van der Waals surface area (Å²) < 4.78 is 0. The third kappa shape index (κ3) is 4.50. The first-order valence-corrected chi connectivity index (χ1v) is 7.46. The lowest BCUT2D eigenvalue weighted by atomic mass is 10.1. The van der Waals surface area contributed by atoms with Gasteiger partial charge in [-0.15, -0.1) is 0 Å². The van der Waals surface area contributed by atoms with Crippen LogP contribution in [-0.2, 0) is 11.2 Å². The lowest BCUT2D eigenvalue weighted by Crippen LogP contribution is -2.22. The average Bonchev–Trinajstić information content (AvgIpc) is 2.60. The molecule has 0 aromatic heterocycles. The van der Waals surface area contributed by atoms with Crippen LogP contribution in [0, 0.1) is 20.2 Å². The molecule has 0 fully saturated rings. The number of nitrogens with one attached hydrogen (secondary N) is 2. The van der Waals surface area contributed by atoms with Crippen molar-refractivity contribution >= 4 is 28.7 Å². The van der Waals surface area contributed by atoms with E-state index in [-0.39, 0.29) is 18.1 Å². The smallest absolute Gasteiger partial charge is 0.299 e. The highest BCUT2D eigenvalue weighted by atomic mass is 16.6. The maximum atomic E-state index is 12.1. The second-order valence-electron chi connectivity index (χ2n) is 5.13. The van der Waals surface area contributed by atoms with Crippen molar-refractivity contribution in [3.8, 4) is 0 Å². The summed E-state index contributed by atoms with van der Waals surface area (Å²) in [5.74, 6) is -0.381. The second kappa shape index (κ2) is 7.86. The minimum atomic E-state index is -0.736. The summed E-state index contributed by atoms with van der Waals surface area (Å²) in [6.45, 7) is 1.75. The van der Waals surface area contributed by atoms with Crippen molar-refractivity contribution in [3.63, 3.8) is 0 Å². The van der Waals surface area contributed by atoms with Gasteiger partial charge in [-0.1, -0.05) is 25.1 Å². The maximum absolute atomic E-state index is 12.1. The lowest BCUT2D eigenvalue weighted by Gasteiger charge is -2.11. The zero-order valence-corrected chi connectivity index (χ0v) is 13.4. The van der Waals surface area contributed by atoms with Crippen LogP contribution in [0.15, 0.2) is 42.5 Å². The Morgan fingerprint density at radius 3 is 2.40 bits per heavy atom. The molecule has 0 radical (unpaired) electrons. The van der Waals surface area contributed by atoms with Crippen LogP contribution in [0.4, 0.5) is 22.7 Å². The fourth-order valence-corrected chi connectivity index (χ4v) is 2.25. The maximum Gasteiger partial charge on any atom is 0.299 e. The van der Waals surface area contributed by atoms with E-state index >= 15 is 0 Å². The third-order valence-electron chi connectivity index (χ3n) is 3.50. The van der Waals surface area contributed by atoms with Crippen molar-refractivity contribution in [1.82, 2.24) is 0 Å². The molecule has 9 heteroatoms. The molecule has 0 aliphatic rings. The van der Waals surface area contributed by atoms with Crippen LogP contribution in [0.1, 0.15) is 12.5 Å². The summed E-state index contributed by atoms with van der Waals surface area (Å²) in [7, 11) is 0. The van der Waals surface area contributed by atoms with Crippen LogP contribution < -0.4 is 10.6 Å². The van der Waals surface area contributed by atoms with Crippen molar-refractivity contribution in [2.24, 2.45) is 0 Å². The Morgan fingerprint density at radius 1 is 1.04 bits per heavy atom. The number of nitro benzene ring substituents is 2. The van der Waals surface area contributed by atoms with Crippen LogP contribution in [-0.4, -0.2) is 22.3 Å². The van der Waals surface area contributed by atoms with Crippen molar-refractivity contribution in [3.05, 3.63) is 68.3 Å². The Balaban J connectivity index is 2.09. The summed E-state index contributed by atoms with van der Waals surface area (Å²) in [5.41, 5.74) is 0.830.